The Kier molecular flexibility index (Phi) is 4.23. The Hall–Kier alpha value is -3.22. The zero-order valence-corrected chi connectivity index (χ0v) is 15.1. The molecule has 2 heterocycles. The van der Waals surface area contributed by atoms with E-state index < -0.39 is 11.6 Å². The summed E-state index contributed by atoms with van der Waals surface area (Å²) in [5.74, 6) is -0.265. The van der Waals surface area contributed by atoms with Gasteiger partial charge >= 0.3 is 6.03 Å². The van der Waals surface area contributed by atoms with Crippen molar-refractivity contribution in [3.8, 4) is 0 Å². The lowest BCUT2D eigenvalue weighted by Gasteiger charge is -2.29. The Labute approximate surface area is 151 Å². The van der Waals surface area contributed by atoms with Gasteiger partial charge in [0.25, 0.3) is 11.8 Å². The van der Waals surface area contributed by atoms with Crippen molar-refractivity contribution >= 4 is 29.4 Å². The number of imide groups is 1. The number of rotatable bonds is 2. The Balaban J connectivity index is 1.77. The summed E-state index contributed by atoms with van der Waals surface area (Å²) in [6.07, 6.45) is 1.65. The maximum absolute atomic E-state index is 12.6. The Morgan fingerprint density at radius 3 is 2.31 bits per heavy atom. The molecule has 2 aromatic rings. The Morgan fingerprint density at radius 1 is 1.00 bits per heavy atom. The van der Waals surface area contributed by atoms with Crippen molar-refractivity contribution in [2.75, 3.05) is 10.6 Å². The van der Waals surface area contributed by atoms with Crippen LogP contribution in [0.25, 0.3) is 0 Å². The number of aryl methyl sites for hydroxylation is 1. The van der Waals surface area contributed by atoms with Crippen LogP contribution in [-0.2, 0) is 0 Å². The number of hydrogen-bond acceptors (Lipinski definition) is 4. The normalized spacial score (nSPS) is 13.6. The van der Waals surface area contributed by atoms with E-state index in [9.17, 15) is 14.4 Å². The van der Waals surface area contributed by atoms with Gasteiger partial charge in [-0.15, -0.1) is 0 Å². The summed E-state index contributed by atoms with van der Waals surface area (Å²) in [7, 11) is 0. The van der Waals surface area contributed by atoms with E-state index in [1.54, 1.807) is 45.2 Å². The third-order valence-electron chi connectivity index (χ3n) is 3.97. The van der Waals surface area contributed by atoms with Crippen LogP contribution in [0.1, 0.15) is 47.1 Å². The summed E-state index contributed by atoms with van der Waals surface area (Å²) < 4.78 is 0. The lowest BCUT2D eigenvalue weighted by molar-refractivity contribution is 0.0507. The van der Waals surface area contributed by atoms with Crippen LogP contribution in [0.2, 0.25) is 0 Å². The second-order valence-corrected chi connectivity index (χ2v) is 7.18. The van der Waals surface area contributed by atoms with Crippen molar-refractivity contribution in [2.45, 2.75) is 33.2 Å². The Bertz CT molecular complexity index is 898. The standard InChI is InChI=1S/C19H20N4O3/c1-11-5-8-15(20-10-11)22-18(26)21-12-6-7-13-14(9-12)17(25)23(16(13)24)19(2,3)4/h5-10H,1-4H3,(H2,20,21,22,26). The molecule has 1 aromatic heterocycles. The minimum atomic E-state index is -0.616. The number of nitrogens with zero attached hydrogens (tertiary/aromatic N) is 2. The van der Waals surface area contributed by atoms with Gasteiger partial charge in [0.15, 0.2) is 0 Å². The molecule has 0 saturated carbocycles. The minimum Gasteiger partial charge on any atom is -0.308 e. The molecule has 0 aliphatic carbocycles. The number of carbonyl (C=O) groups excluding carboxylic acids is 3. The molecule has 0 unspecified atom stereocenters. The molecule has 7 nitrogen and oxygen atoms in total. The van der Waals surface area contributed by atoms with Gasteiger partial charge in [-0.2, -0.15) is 0 Å². The van der Waals surface area contributed by atoms with E-state index in [1.807, 2.05) is 13.0 Å². The zero-order valence-electron chi connectivity index (χ0n) is 15.1. The number of benzene rings is 1. The highest BCUT2D eigenvalue weighted by Gasteiger charge is 2.41. The smallest absolute Gasteiger partial charge is 0.308 e. The molecule has 3 rings (SSSR count). The molecule has 7 heteroatoms. The largest absolute Gasteiger partial charge is 0.324 e. The molecule has 1 aliphatic heterocycles. The van der Waals surface area contributed by atoms with E-state index in [0.717, 1.165) is 5.56 Å². The first kappa shape index (κ1) is 17.6. The van der Waals surface area contributed by atoms with Gasteiger partial charge in [0, 0.05) is 17.4 Å². The quantitative estimate of drug-likeness (QED) is 0.810. The number of urea groups is 1. The minimum absolute atomic E-state index is 0.288. The molecule has 0 radical (unpaired) electrons. The number of carbonyl (C=O) groups is 3. The molecule has 0 bridgehead atoms. The predicted molar refractivity (Wildman–Crippen MR) is 98.3 cm³/mol. The molecule has 26 heavy (non-hydrogen) atoms. The van der Waals surface area contributed by atoms with E-state index in [-0.39, 0.29) is 17.4 Å². The fraction of sp³-hybridized carbons (Fsp3) is 0.263. The fourth-order valence-corrected chi connectivity index (χ4v) is 2.75. The molecule has 1 aliphatic rings. The fourth-order valence-electron chi connectivity index (χ4n) is 2.75. The number of aromatic nitrogens is 1. The molecule has 4 amide bonds. The number of anilines is 2. The molecule has 0 atom stereocenters. The average molecular weight is 352 g/mol. The van der Waals surface area contributed by atoms with Crippen LogP contribution < -0.4 is 10.6 Å². The van der Waals surface area contributed by atoms with E-state index >= 15 is 0 Å². The van der Waals surface area contributed by atoms with Gasteiger partial charge < -0.3 is 5.32 Å². The van der Waals surface area contributed by atoms with Crippen LogP contribution in [0.3, 0.4) is 0 Å². The lowest BCUT2D eigenvalue weighted by atomic mass is 10.1. The predicted octanol–water partition coefficient (Wildman–Crippen LogP) is 3.43. The molecule has 0 fully saturated rings. The number of hydrogen-bond donors (Lipinski definition) is 2. The molecule has 0 saturated heterocycles. The van der Waals surface area contributed by atoms with Gasteiger partial charge in [0.05, 0.1) is 11.1 Å². The van der Waals surface area contributed by atoms with Gasteiger partial charge in [-0.25, -0.2) is 9.78 Å². The third kappa shape index (κ3) is 3.28. The van der Waals surface area contributed by atoms with Gasteiger partial charge in [-0.05, 0) is 57.5 Å². The number of pyridine rings is 1. The lowest BCUT2D eigenvalue weighted by Crippen LogP contribution is -2.45. The zero-order chi connectivity index (χ0) is 19.1. The number of fused-ring (bicyclic) bond motifs is 1. The molecule has 0 spiro atoms. The van der Waals surface area contributed by atoms with Crippen LogP contribution in [0.15, 0.2) is 36.5 Å². The molecular formula is C19H20N4O3. The Morgan fingerprint density at radius 2 is 1.69 bits per heavy atom. The second kappa shape index (κ2) is 6.25. The van der Waals surface area contributed by atoms with E-state index in [2.05, 4.69) is 15.6 Å². The van der Waals surface area contributed by atoms with Gasteiger partial charge in [0.2, 0.25) is 0 Å². The molecule has 1 aromatic carbocycles. The van der Waals surface area contributed by atoms with Gasteiger partial charge in [-0.3, -0.25) is 19.8 Å². The van der Waals surface area contributed by atoms with Crippen LogP contribution in [0.4, 0.5) is 16.3 Å². The number of nitrogens with one attached hydrogen (secondary N) is 2. The summed E-state index contributed by atoms with van der Waals surface area (Å²) in [5.41, 5.74) is 1.42. The van der Waals surface area contributed by atoms with Crippen molar-refractivity contribution in [2.24, 2.45) is 0 Å². The summed E-state index contributed by atoms with van der Waals surface area (Å²) in [6.45, 7) is 7.31. The summed E-state index contributed by atoms with van der Waals surface area (Å²) in [6, 6.07) is 7.72. The average Bonchev–Trinajstić information content (AvgIpc) is 2.80. The summed E-state index contributed by atoms with van der Waals surface area (Å²) in [5, 5.41) is 5.27. The second-order valence-electron chi connectivity index (χ2n) is 7.18. The first-order valence-electron chi connectivity index (χ1n) is 8.20. The van der Waals surface area contributed by atoms with E-state index in [4.69, 9.17) is 0 Å². The first-order chi connectivity index (χ1) is 12.2. The van der Waals surface area contributed by atoms with Crippen molar-refractivity contribution in [1.29, 1.82) is 0 Å². The molecular weight excluding hydrogens is 332 g/mol. The van der Waals surface area contributed by atoms with Gasteiger partial charge in [-0.1, -0.05) is 6.07 Å². The maximum atomic E-state index is 12.6. The van der Waals surface area contributed by atoms with Crippen LogP contribution in [0, 0.1) is 6.92 Å². The third-order valence-corrected chi connectivity index (χ3v) is 3.97. The van der Waals surface area contributed by atoms with Gasteiger partial charge in [0.1, 0.15) is 5.82 Å². The SMILES string of the molecule is Cc1ccc(NC(=O)Nc2ccc3c(c2)C(=O)N(C(C)(C)C)C3=O)nc1. The highest BCUT2D eigenvalue weighted by molar-refractivity contribution is 6.22. The molecule has 2 N–H and O–H groups in total. The van der Waals surface area contributed by atoms with Crippen LogP contribution in [-0.4, -0.2) is 33.3 Å². The highest BCUT2D eigenvalue weighted by atomic mass is 16.2. The maximum Gasteiger partial charge on any atom is 0.324 e. The van der Waals surface area contributed by atoms with Crippen LogP contribution in [0.5, 0.6) is 0 Å². The summed E-state index contributed by atoms with van der Waals surface area (Å²) in [4.78, 5) is 42.5. The first-order valence-corrected chi connectivity index (χ1v) is 8.20. The number of amides is 4. The highest BCUT2D eigenvalue weighted by Crippen LogP contribution is 2.30. The summed E-state index contributed by atoms with van der Waals surface area (Å²) >= 11 is 0. The van der Waals surface area contributed by atoms with E-state index in [0.29, 0.717) is 17.1 Å². The topological polar surface area (TPSA) is 91.4 Å². The molecule has 134 valence electrons. The van der Waals surface area contributed by atoms with Crippen molar-refractivity contribution in [3.63, 3.8) is 0 Å². The monoisotopic (exact) mass is 352 g/mol. The van der Waals surface area contributed by atoms with Crippen molar-refractivity contribution in [3.05, 3.63) is 53.2 Å². The van der Waals surface area contributed by atoms with E-state index in [1.165, 1.54) is 11.0 Å². The van der Waals surface area contributed by atoms with Crippen molar-refractivity contribution in [1.82, 2.24) is 9.88 Å². The van der Waals surface area contributed by atoms with Crippen LogP contribution >= 0.6 is 0 Å². The van der Waals surface area contributed by atoms with Crippen molar-refractivity contribution < 1.29 is 14.4 Å².